The number of nitrogens with one attached hydrogen (secondary N) is 1. The van der Waals surface area contributed by atoms with E-state index in [1.165, 1.54) is 5.56 Å². The molecular formula is C24H30N4OS. The third-order valence-electron chi connectivity index (χ3n) is 5.79. The van der Waals surface area contributed by atoms with Gasteiger partial charge in [-0.2, -0.15) is 5.26 Å². The van der Waals surface area contributed by atoms with Crippen LogP contribution < -0.4 is 10.2 Å². The van der Waals surface area contributed by atoms with Crippen molar-refractivity contribution < 1.29 is 4.74 Å². The summed E-state index contributed by atoms with van der Waals surface area (Å²) < 4.78 is 6.13. The van der Waals surface area contributed by atoms with E-state index >= 15 is 0 Å². The van der Waals surface area contributed by atoms with Crippen LogP contribution in [0.1, 0.15) is 42.5 Å². The number of nitrogens with zero attached hydrogens (tertiary/aromatic N) is 3. The average Bonchev–Trinajstić information content (AvgIpc) is 3.02. The van der Waals surface area contributed by atoms with Crippen molar-refractivity contribution in [1.82, 2.24) is 10.3 Å². The molecule has 1 aromatic carbocycles. The highest BCUT2D eigenvalue weighted by Crippen LogP contribution is 2.38. The fourth-order valence-electron chi connectivity index (χ4n) is 4.17. The van der Waals surface area contributed by atoms with E-state index in [0.29, 0.717) is 6.61 Å². The lowest BCUT2D eigenvalue weighted by Gasteiger charge is -2.35. The van der Waals surface area contributed by atoms with E-state index in [4.69, 9.17) is 9.72 Å². The van der Waals surface area contributed by atoms with Gasteiger partial charge in [0, 0.05) is 37.4 Å². The number of anilines is 1. The van der Waals surface area contributed by atoms with Crippen LogP contribution in [-0.4, -0.2) is 42.5 Å². The first-order valence-electron chi connectivity index (χ1n) is 10.8. The highest BCUT2D eigenvalue weighted by atomic mass is 32.2. The molecule has 0 amide bonds. The molecule has 2 aliphatic rings. The normalized spacial score (nSPS) is 18.4. The second kappa shape index (κ2) is 9.38. The first kappa shape index (κ1) is 21.2. The molecule has 0 atom stereocenters. The molecule has 2 aromatic rings. The van der Waals surface area contributed by atoms with Gasteiger partial charge >= 0.3 is 0 Å². The fourth-order valence-corrected chi connectivity index (χ4v) is 5.17. The smallest absolute Gasteiger partial charge is 0.135 e. The van der Waals surface area contributed by atoms with Crippen molar-refractivity contribution >= 4 is 17.6 Å². The second-order valence-corrected chi connectivity index (χ2v) is 9.67. The monoisotopic (exact) mass is 422 g/mol. The molecule has 0 unspecified atom stereocenters. The molecule has 3 heterocycles. The number of aryl methyl sites for hydroxylation is 1. The number of hydrogen-bond acceptors (Lipinski definition) is 6. The predicted molar refractivity (Wildman–Crippen MR) is 122 cm³/mol. The van der Waals surface area contributed by atoms with Crippen LogP contribution in [0, 0.1) is 11.3 Å². The van der Waals surface area contributed by atoms with E-state index < -0.39 is 0 Å². The van der Waals surface area contributed by atoms with Crippen LogP contribution >= 0.6 is 11.8 Å². The quantitative estimate of drug-likeness (QED) is 0.737. The lowest BCUT2D eigenvalue weighted by Crippen LogP contribution is -2.36. The topological polar surface area (TPSA) is 61.2 Å². The minimum absolute atomic E-state index is 0.260. The first-order valence-corrected chi connectivity index (χ1v) is 11.8. The maximum atomic E-state index is 10.0. The van der Waals surface area contributed by atoms with Gasteiger partial charge in [0.1, 0.15) is 16.9 Å². The van der Waals surface area contributed by atoms with Crippen molar-refractivity contribution in [3.63, 3.8) is 0 Å². The summed E-state index contributed by atoms with van der Waals surface area (Å²) in [6, 6.07) is 13.0. The summed E-state index contributed by atoms with van der Waals surface area (Å²) in [5.41, 5.74) is 4.05. The molecule has 1 saturated heterocycles. The van der Waals surface area contributed by atoms with Gasteiger partial charge in [0.2, 0.25) is 0 Å². The minimum Gasteiger partial charge on any atom is -0.370 e. The van der Waals surface area contributed by atoms with Crippen LogP contribution in [0.25, 0.3) is 0 Å². The maximum Gasteiger partial charge on any atom is 0.135 e. The van der Waals surface area contributed by atoms with Crippen molar-refractivity contribution in [3.8, 4) is 6.07 Å². The van der Waals surface area contributed by atoms with Crippen molar-refractivity contribution in [2.75, 3.05) is 36.8 Å². The molecule has 5 nitrogen and oxygen atoms in total. The molecule has 1 fully saturated rings. The third kappa shape index (κ3) is 4.80. The molecule has 0 aliphatic carbocycles. The molecule has 0 spiro atoms. The zero-order valence-electron chi connectivity index (χ0n) is 17.9. The number of ether oxygens (including phenoxy) is 1. The lowest BCUT2D eigenvalue weighted by atomic mass is 9.89. The number of hydrogen-bond donors (Lipinski definition) is 1. The highest BCUT2D eigenvalue weighted by Gasteiger charge is 2.33. The van der Waals surface area contributed by atoms with Gasteiger partial charge in [0.05, 0.1) is 17.8 Å². The molecule has 1 N–H and O–H groups in total. The molecule has 30 heavy (non-hydrogen) atoms. The number of aromatic nitrogens is 1. The van der Waals surface area contributed by atoms with Crippen molar-refractivity contribution in [3.05, 3.63) is 52.6 Å². The van der Waals surface area contributed by atoms with Gasteiger partial charge in [-0.15, -0.1) is 11.8 Å². The van der Waals surface area contributed by atoms with E-state index in [2.05, 4.69) is 54.4 Å². The van der Waals surface area contributed by atoms with Crippen molar-refractivity contribution in [2.24, 2.45) is 0 Å². The number of benzene rings is 1. The fraction of sp³-hybridized carbons (Fsp3) is 0.500. The van der Waals surface area contributed by atoms with Crippen LogP contribution in [0.2, 0.25) is 0 Å². The van der Waals surface area contributed by atoms with Gasteiger partial charge in [-0.3, -0.25) is 0 Å². The number of pyridine rings is 1. The Labute approximate surface area is 183 Å². The Kier molecular flexibility index (Phi) is 6.62. The SMILES string of the molecule is CC1(C)Cc2c(C#N)c(SCCc3ccccc3)nc(N3CCCNCC3)c2CO1. The summed E-state index contributed by atoms with van der Waals surface area (Å²) in [6.07, 6.45) is 2.81. The second-order valence-electron chi connectivity index (χ2n) is 8.58. The summed E-state index contributed by atoms with van der Waals surface area (Å²) in [5.74, 6) is 1.93. The standard InChI is InChI=1S/C24H30N4OS/c1-24(2)15-19-20(16-25)23(30-14-9-18-7-4-3-5-8-18)27-22(21(19)17-29-24)28-12-6-10-26-11-13-28/h3-5,7-8,26H,6,9-15,17H2,1-2H3. The van der Waals surface area contributed by atoms with Gasteiger partial charge < -0.3 is 15.0 Å². The van der Waals surface area contributed by atoms with Crippen LogP contribution in [-0.2, 0) is 24.2 Å². The molecule has 0 bridgehead atoms. The Bertz CT molecular complexity index is 915. The Morgan fingerprint density at radius 2 is 2.03 bits per heavy atom. The molecular weight excluding hydrogens is 392 g/mol. The zero-order valence-corrected chi connectivity index (χ0v) is 18.7. The van der Waals surface area contributed by atoms with Crippen LogP contribution in [0.3, 0.4) is 0 Å². The number of nitriles is 1. The summed E-state index contributed by atoms with van der Waals surface area (Å²) in [6.45, 7) is 8.65. The summed E-state index contributed by atoms with van der Waals surface area (Å²) in [5, 5.41) is 14.4. The first-order chi connectivity index (χ1) is 14.6. The third-order valence-corrected chi connectivity index (χ3v) is 6.77. The minimum atomic E-state index is -0.260. The summed E-state index contributed by atoms with van der Waals surface area (Å²) in [7, 11) is 0. The maximum absolute atomic E-state index is 10.0. The van der Waals surface area contributed by atoms with Gasteiger partial charge in [0.15, 0.2) is 0 Å². The van der Waals surface area contributed by atoms with E-state index in [1.54, 1.807) is 11.8 Å². The Morgan fingerprint density at radius 3 is 2.83 bits per heavy atom. The van der Waals surface area contributed by atoms with Crippen molar-refractivity contribution in [2.45, 2.75) is 50.3 Å². The predicted octanol–water partition coefficient (Wildman–Crippen LogP) is 3.94. The van der Waals surface area contributed by atoms with E-state index in [-0.39, 0.29) is 5.60 Å². The molecule has 2 aliphatic heterocycles. The Balaban J connectivity index is 1.67. The molecule has 0 radical (unpaired) electrons. The van der Waals surface area contributed by atoms with Crippen LogP contribution in [0.4, 0.5) is 5.82 Å². The van der Waals surface area contributed by atoms with E-state index in [1.807, 2.05) is 6.07 Å². The Morgan fingerprint density at radius 1 is 1.20 bits per heavy atom. The zero-order chi connectivity index (χ0) is 21.0. The van der Waals surface area contributed by atoms with E-state index in [0.717, 1.165) is 78.7 Å². The van der Waals surface area contributed by atoms with Crippen LogP contribution in [0.5, 0.6) is 0 Å². The number of fused-ring (bicyclic) bond motifs is 1. The van der Waals surface area contributed by atoms with E-state index in [9.17, 15) is 5.26 Å². The molecule has 158 valence electrons. The van der Waals surface area contributed by atoms with Crippen LogP contribution in [0.15, 0.2) is 35.4 Å². The highest BCUT2D eigenvalue weighted by molar-refractivity contribution is 7.99. The van der Waals surface area contributed by atoms with Gasteiger partial charge in [-0.25, -0.2) is 4.98 Å². The van der Waals surface area contributed by atoms with Gasteiger partial charge in [-0.05, 0) is 44.4 Å². The molecule has 4 rings (SSSR count). The number of thioether (sulfide) groups is 1. The lowest BCUT2D eigenvalue weighted by molar-refractivity contribution is -0.0402. The number of rotatable bonds is 5. The molecule has 6 heteroatoms. The average molecular weight is 423 g/mol. The Hall–Kier alpha value is -2.07. The summed E-state index contributed by atoms with van der Waals surface area (Å²) >= 11 is 1.71. The molecule has 1 aromatic heterocycles. The van der Waals surface area contributed by atoms with Gasteiger partial charge in [0.25, 0.3) is 0 Å². The van der Waals surface area contributed by atoms with Gasteiger partial charge in [-0.1, -0.05) is 30.3 Å². The molecule has 0 saturated carbocycles. The summed E-state index contributed by atoms with van der Waals surface area (Å²) in [4.78, 5) is 7.44. The largest absolute Gasteiger partial charge is 0.370 e. The van der Waals surface area contributed by atoms with Crippen molar-refractivity contribution in [1.29, 1.82) is 5.26 Å².